The van der Waals surface area contributed by atoms with Crippen LogP contribution >= 0.6 is 0 Å². The molecule has 174 valence electrons. The molecule has 1 amide bonds. The minimum atomic E-state index is -3.67. The van der Waals surface area contributed by atoms with Crippen molar-refractivity contribution in [1.82, 2.24) is 9.62 Å². The molecule has 1 atom stereocenters. The SMILES string of the molecule is COc1cc(C)c([C@@H](C)NC(=O)c2cccc(S(=O)(=O)N3CCOCC3)c2)cc1C(C)C. The molecule has 1 aliphatic rings. The van der Waals surface area contributed by atoms with Crippen LogP contribution in [-0.4, -0.2) is 52.0 Å². The van der Waals surface area contributed by atoms with Crippen LogP contribution < -0.4 is 10.1 Å². The Bertz CT molecular complexity index is 1080. The molecule has 2 aromatic carbocycles. The second-order valence-corrected chi connectivity index (χ2v) is 10.3. The van der Waals surface area contributed by atoms with Gasteiger partial charge in [-0.15, -0.1) is 0 Å². The van der Waals surface area contributed by atoms with Crippen LogP contribution in [-0.2, 0) is 14.8 Å². The van der Waals surface area contributed by atoms with E-state index in [-0.39, 0.29) is 22.8 Å². The van der Waals surface area contributed by atoms with Gasteiger partial charge in [0.15, 0.2) is 0 Å². The lowest BCUT2D eigenvalue weighted by Crippen LogP contribution is -2.40. The number of hydrogen-bond acceptors (Lipinski definition) is 5. The number of hydrogen-bond donors (Lipinski definition) is 1. The topological polar surface area (TPSA) is 84.9 Å². The van der Waals surface area contributed by atoms with Gasteiger partial charge in [0, 0.05) is 18.7 Å². The lowest BCUT2D eigenvalue weighted by Gasteiger charge is -2.26. The summed E-state index contributed by atoms with van der Waals surface area (Å²) in [6, 6.07) is 9.99. The summed E-state index contributed by atoms with van der Waals surface area (Å²) in [5.74, 6) is 0.785. The largest absolute Gasteiger partial charge is 0.496 e. The van der Waals surface area contributed by atoms with Crippen molar-refractivity contribution < 1.29 is 22.7 Å². The average Bonchev–Trinajstić information content (AvgIpc) is 2.79. The molecule has 1 aliphatic heterocycles. The van der Waals surface area contributed by atoms with Crippen LogP contribution in [0.4, 0.5) is 0 Å². The van der Waals surface area contributed by atoms with E-state index in [0.717, 1.165) is 22.4 Å². The molecular weight excluding hydrogens is 428 g/mol. The van der Waals surface area contributed by atoms with Gasteiger partial charge < -0.3 is 14.8 Å². The van der Waals surface area contributed by atoms with Gasteiger partial charge in [-0.2, -0.15) is 4.31 Å². The lowest BCUT2D eigenvalue weighted by atomic mass is 9.93. The summed E-state index contributed by atoms with van der Waals surface area (Å²) < 4.78 is 38.0. The van der Waals surface area contributed by atoms with E-state index in [1.165, 1.54) is 16.4 Å². The van der Waals surface area contributed by atoms with Crippen LogP contribution in [0.5, 0.6) is 5.75 Å². The zero-order chi connectivity index (χ0) is 23.5. The molecule has 0 spiro atoms. The van der Waals surface area contributed by atoms with Gasteiger partial charge in [-0.3, -0.25) is 4.79 Å². The van der Waals surface area contributed by atoms with E-state index in [2.05, 4.69) is 25.2 Å². The molecule has 0 unspecified atom stereocenters. The van der Waals surface area contributed by atoms with Crippen molar-refractivity contribution in [2.24, 2.45) is 0 Å². The van der Waals surface area contributed by atoms with Crippen LogP contribution in [0.1, 0.15) is 59.8 Å². The Balaban J connectivity index is 1.82. The molecule has 7 nitrogen and oxygen atoms in total. The number of aryl methyl sites for hydroxylation is 1. The molecule has 1 saturated heterocycles. The fraction of sp³-hybridized carbons (Fsp3) is 0.458. The second-order valence-electron chi connectivity index (χ2n) is 8.34. The molecular formula is C24H32N2O5S. The molecule has 2 aromatic rings. The first-order chi connectivity index (χ1) is 15.1. The summed E-state index contributed by atoms with van der Waals surface area (Å²) in [5.41, 5.74) is 3.40. The number of morpholine rings is 1. The quantitative estimate of drug-likeness (QED) is 0.682. The minimum Gasteiger partial charge on any atom is -0.496 e. The number of carbonyl (C=O) groups excluding carboxylic acids is 1. The zero-order valence-electron chi connectivity index (χ0n) is 19.3. The normalized spacial score (nSPS) is 16.1. The number of rotatable bonds is 7. The molecule has 0 aromatic heterocycles. The van der Waals surface area contributed by atoms with Crippen molar-refractivity contribution in [1.29, 1.82) is 0 Å². The first-order valence-electron chi connectivity index (χ1n) is 10.8. The summed E-state index contributed by atoms with van der Waals surface area (Å²) in [4.78, 5) is 13.1. The van der Waals surface area contributed by atoms with E-state index in [9.17, 15) is 13.2 Å². The van der Waals surface area contributed by atoms with Crippen LogP contribution in [0.15, 0.2) is 41.3 Å². The number of sulfonamides is 1. The first-order valence-corrected chi connectivity index (χ1v) is 12.3. The molecule has 8 heteroatoms. The van der Waals surface area contributed by atoms with Crippen molar-refractivity contribution in [3.63, 3.8) is 0 Å². The Morgan fingerprint density at radius 1 is 1.09 bits per heavy atom. The van der Waals surface area contributed by atoms with Crippen molar-refractivity contribution in [3.05, 3.63) is 58.7 Å². The molecule has 0 aliphatic carbocycles. The summed E-state index contributed by atoms with van der Waals surface area (Å²) in [6.07, 6.45) is 0. The Morgan fingerprint density at radius 2 is 1.78 bits per heavy atom. The van der Waals surface area contributed by atoms with E-state index in [4.69, 9.17) is 9.47 Å². The summed E-state index contributed by atoms with van der Waals surface area (Å²) in [6.45, 7) is 9.47. The Kier molecular flexibility index (Phi) is 7.59. The van der Waals surface area contributed by atoms with Crippen LogP contribution in [0.2, 0.25) is 0 Å². The van der Waals surface area contributed by atoms with E-state index >= 15 is 0 Å². The van der Waals surface area contributed by atoms with Gasteiger partial charge in [-0.25, -0.2) is 8.42 Å². The van der Waals surface area contributed by atoms with Gasteiger partial charge in [0.2, 0.25) is 10.0 Å². The number of carbonyl (C=O) groups is 1. The van der Waals surface area contributed by atoms with Crippen molar-refractivity contribution >= 4 is 15.9 Å². The maximum Gasteiger partial charge on any atom is 0.251 e. The number of ether oxygens (including phenoxy) is 2. The van der Waals surface area contributed by atoms with Crippen LogP contribution in [0.25, 0.3) is 0 Å². The predicted octanol–water partition coefficient (Wildman–Crippen LogP) is 3.64. The number of methoxy groups -OCH3 is 1. The third kappa shape index (κ3) is 5.14. The van der Waals surface area contributed by atoms with Gasteiger partial charge in [0.05, 0.1) is 31.3 Å². The highest BCUT2D eigenvalue weighted by molar-refractivity contribution is 7.89. The Morgan fingerprint density at radius 3 is 2.41 bits per heavy atom. The smallest absolute Gasteiger partial charge is 0.251 e. The third-order valence-corrected chi connectivity index (χ3v) is 7.65. The summed E-state index contributed by atoms with van der Waals surface area (Å²) in [7, 11) is -2.01. The number of benzene rings is 2. The summed E-state index contributed by atoms with van der Waals surface area (Å²) >= 11 is 0. The zero-order valence-corrected chi connectivity index (χ0v) is 20.2. The maximum atomic E-state index is 13.0. The molecule has 32 heavy (non-hydrogen) atoms. The highest BCUT2D eigenvalue weighted by Crippen LogP contribution is 2.32. The van der Waals surface area contributed by atoms with Gasteiger partial charge in [-0.1, -0.05) is 19.9 Å². The van der Waals surface area contributed by atoms with Gasteiger partial charge in [-0.05, 0) is 66.8 Å². The number of nitrogens with one attached hydrogen (secondary N) is 1. The predicted molar refractivity (Wildman–Crippen MR) is 124 cm³/mol. The van der Waals surface area contributed by atoms with E-state index in [1.54, 1.807) is 19.2 Å². The molecule has 3 rings (SSSR count). The lowest BCUT2D eigenvalue weighted by molar-refractivity contribution is 0.0730. The van der Waals surface area contributed by atoms with Crippen molar-refractivity contribution in [2.45, 2.75) is 44.6 Å². The monoisotopic (exact) mass is 460 g/mol. The van der Waals surface area contributed by atoms with Crippen molar-refractivity contribution in [2.75, 3.05) is 33.4 Å². The molecule has 0 bridgehead atoms. The average molecular weight is 461 g/mol. The Hall–Kier alpha value is -2.42. The van der Waals surface area contributed by atoms with Gasteiger partial charge in [0.25, 0.3) is 5.91 Å². The standard InChI is InChI=1S/C24H32N2O5S/c1-16(2)21-15-22(17(3)13-23(21)30-5)18(4)25-24(27)19-7-6-8-20(14-19)32(28,29)26-9-11-31-12-10-26/h6-8,13-16,18H,9-12H2,1-5H3,(H,25,27)/t18-/m1/s1. The number of nitrogens with zero attached hydrogens (tertiary/aromatic N) is 1. The molecule has 1 heterocycles. The van der Waals surface area contributed by atoms with E-state index < -0.39 is 10.0 Å². The van der Waals surface area contributed by atoms with E-state index in [1.807, 2.05) is 19.9 Å². The van der Waals surface area contributed by atoms with Crippen molar-refractivity contribution in [3.8, 4) is 5.75 Å². The summed E-state index contributed by atoms with van der Waals surface area (Å²) in [5, 5.41) is 3.01. The van der Waals surface area contributed by atoms with Crippen LogP contribution in [0.3, 0.4) is 0 Å². The van der Waals surface area contributed by atoms with Gasteiger partial charge in [0.1, 0.15) is 5.75 Å². The molecule has 0 saturated carbocycles. The first kappa shape index (κ1) is 24.2. The number of amides is 1. The van der Waals surface area contributed by atoms with Gasteiger partial charge >= 0.3 is 0 Å². The molecule has 0 radical (unpaired) electrons. The fourth-order valence-electron chi connectivity index (χ4n) is 3.90. The molecule has 1 fully saturated rings. The Labute approximate surface area is 190 Å². The maximum absolute atomic E-state index is 13.0. The molecule has 1 N–H and O–H groups in total. The van der Waals surface area contributed by atoms with Crippen LogP contribution in [0, 0.1) is 6.92 Å². The third-order valence-electron chi connectivity index (χ3n) is 5.76. The van der Waals surface area contributed by atoms with E-state index in [0.29, 0.717) is 31.9 Å². The fourth-order valence-corrected chi connectivity index (χ4v) is 5.36. The highest BCUT2D eigenvalue weighted by atomic mass is 32.2. The second kappa shape index (κ2) is 10.0. The minimum absolute atomic E-state index is 0.113. The highest BCUT2D eigenvalue weighted by Gasteiger charge is 2.27.